The second-order valence-corrected chi connectivity index (χ2v) is 9.90. The molecule has 1 fully saturated rings. The van der Waals surface area contributed by atoms with E-state index in [-0.39, 0.29) is 5.57 Å². The molecule has 4 rings (SSSR count). The van der Waals surface area contributed by atoms with Gasteiger partial charge in [0.05, 0.1) is 12.8 Å². The number of imide groups is 2. The molecule has 0 atom stereocenters. The second kappa shape index (κ2) is 10.7. The number of aryl methyl sites for hydroxylation is 2. The predicted molar refractivity (Wildman–Crippen MR) is 144 cm³/mol. The SMILES string of the molecule is COc1cc(/C=C2\C(=O)NC(=O)N(c3ccc(Br)c(C)c3)C2=O)c(Br)cc1OCc1cccc(C)c1. The van der Waals surface area contributed by atoms with Gasteiger partial charge in [-0.2, -0.15) is 0 Å². The number of halogens is 2. The molecule has 1 N–H and O–H groups in total. The number of carbonyl (C=O) groups excluding carboxylic acids is 3. The molecule has 9 heteroatoms. The highest BCUT2D eigenvalue weighted by Crippen LogP contribution is 2.36. The van der Waals surface area contributed by atoms with Gasteiger partial charge in [0.25, 0.3) is 11.8 Å². The van der Waals surface area contributed by atoms with Gasteiger partial charge in [0, 0.05) is 8.95 Å². The lowest BCUT2D eigenvalue weighted by molar-refractivity contribution is -0.122. The molecule has 3 aromatic carbocycles. The van der Waals surface area contributed by atoms with Crippen LogP contribution in [0.1, 0.15) is 22.3 Å². The fourth-order valence-electron chi connectivity index (χ4n) is 3.71. The van der Waals surface area contributed by atoms with Gasteiger partial charge in [-0.05, 0) is 66.9 Å². The van der Waals surface area contributed by atoms with Gasteiger partial charge in [-0.25, -0.2) is 9.69 Å². The lowest BCUT2D eigenvalue weighted by atomic mass is 10.1. The monoisotopic (exact) mass is 612 g/mol. The summed E-state index contributed by atoms with van der Waals surface area (Å²) in [5, 5.41) is 2.24. The van der Waals surface area contributed by atoms with Gasteiger partial charge in [0.2, 0.25) is 0 Å². The zero-order valence-corrected chi connectivity index (χ0v) is 22.9. The van der Waals surface area contributed by atoms with Crippen molar-refractivity contribution in [3.8, 4) is 11.5 Å². The number of anilines is 1. The van der Waals surface area contributed by atoms with Crippen molar-refractivity contribution < 1.29 is 23.9 Å². The Morgan fingerprint density at radius 1 is 0.944 bits per heavy atom. The van der Waals surface area contributed by atoms with Crippen molar-refractivity contribution in [3.05, 3.63) is 91.4 Å². The number of methoxy groups -OCH3 is 1. The molecule has 1 saturated heterocycles. The van der Waals surface area contributed by atoms with Crippen molar-refractivity contribution >= 4 is 61.5 Å². The van der Waals surface area contributed by atoms with E-state index in [2.05, 4.69) is 37.2 Å². The van der Waals surface area contributed by atoms with Crippen molar-refractivity contribution in [1.82, 2.24) is 5.32 Å². The van der Waals surface area contributed by atoms with Gasteiger partial charge in [-0.15, -0.1) is 0 Å². The number of nitrogens with zero attached hydrogens (tertiary/aromatic N) is 1. The Morgan fingerprint density at radius 3 is 2.42 bits per heavy atom. The van der Waals surface area contributed by atoms with E-state index in [1.165, 1.54) is 13.2 Å². The topological polar surface area (TPSA) is 84.9 Å². The number of carbonyl (C=O) groups is 3. The molecule has 0 unspecified atom stereocenters. The van der Waals surface area contributed by atoms with Gasteiger partial charge in [0.1, 0.15) is 12.2 Å². The molecule has 1 aliphatic heterocycles. The Bertz CT molecular complexity index is 1420. The van der Waals surface area contributed by atoms with Crippen molar-refractivity contribution in [2.45, 2.75) is 20.5 Å². The number of urea groups is 1. The molecule has 7 nitrogen and oxygen atoms in total. The quantitative estimate of drug-likeness (QED) is 0.269. The Hall–Kier alpha value is -3.43. The number of rotatable bonds is 6. The van der Waals surface area contributed by atoms with Gasteiger partial charge < -0.3 is 9.47 Å². The second-order valence-electron chi connectivity index (χ2n) is 8.19. The van der Waals surface area contributed by atoms with Gasteiger partial charge >= 0.3 is 6.03 Å². The lowest BCUT2D eigenvalue weighted by Gasteiger charge is -2.27. The van der Waals surface area contributed by atoms with E-state index in [0.29, 0.717) is 33.8 Å². The summed E-state index contributed by atoms with van der Waals surface area (Å²) in [5.41, 5.74) is 3.66. The third-order valence-corrected chi connectivity index (χ3v) is 7.14. The molecule has 0 aromatic heterocycles. The Morgan fingerprint density at radius 2 is 1.72 bits per heavy atom. The summed E-state index contributed by atoms with van der Waals surface area (Å²) in [5.74, 6) is -0.579. The number of benzene rings is 3. The fraction of sp³-hybridized carbons (Fsp3) is 0.148. The van der Waals surface area contributed by atoms with E-state index in [0.717, 1.165) is 26.1 Å². The Kier molecular flexibility index (Phi) is 7.61. The number of hydrogen-bond donors (Lipinski definition) is 1. The van der Waals surface area contributed by atoms with E-state index < -0.39 is 17.8 Å². The van der Waals surface area contributed by atoms with Crippen LogP contribution in [0, 0.1) is 13.8 Å². The highest BCUT2D eigenvalue weighted by molar-refractivity contribution is 9.10. The summed E-state index contributed by atoms with van der Waals surface area (Å²) in [7, 11) is 1.51. The predicted octanol–water partition coefficient (Wildman–Crippen LogP) is 6.08. The third kappa shape index (κ3) is 5.37. The maximum atomic E-state index is 13.3. The molecule has 0 saturated carbocycles. The number of ether oxygens (including phenoxy) is 2. The smallest absolute Gasteiger partial charge is 0.335 e. The minimum absolute atomic E-state index is 0.189. The molecule has 0 radical (unpaired) electrons. The highest BCUT2D eigenvalue weighted by atomic mass is 79.9. The minimum Gasteiger partial charge on any atom is -0.493 e. The molecule has 36 heavy (non-hydrogen) atoms. The molecule has 0 spiro atoms. The number of barbiturate groups is 1. The van der Waals surface area contributed by atoms with E-state index in [1.54, 1.807) is 30.3 Å². The summed E-state index contributed by atoms with van der Waals surface area (Å²) >= 11 is 6.90. The standard InChI is InChI=1S/C27H22Br2N2O5/c1-15-5-4-6-17(9-15)14-36-24-13-22(29)18(12-23(24)35-3)11-20-25(32)30-27(34)31(26(20)33)19-7-8-21(28)16(2)10-19/h4-13H,14H2,1-3H3,(H,30,32,34)/b20-11+. The van der Waals surface area contributed by atoms with Crippen molar-refractivity contribution in [1.29, 1.82) is 0 Å². The van der Waals surface area contributed by atoms with E-state index in [4.69, 9.17) is 9.47 Å². The molecule has 3 aromatic rings. The van der Waals surface area contributed by atoms with Gasteiger partial charge in [0.15, 0.2) is 11.5 Å². The van der Waals surface area contributed by atoms with Gasteiger partial charge in [-0.1, -0.05) is 61.7 Å². The molecular weight excluding hydrogens is 592 g/mol. The Balaban J connectivity index is 1.65. The van der Waals surface area contributed by atoms with Crippen LogP contribution in [0.3, 0.4) is 0 Å². The van der Waals surface area contributed by atoms with Gasteiger partial charge in [-0.3, -0.25) is 14.9 Å². The van der Waals surface area contributed by atoms with Crippen LogP contribution < -0.4 is 19.7 Å². The summed E-state index contributed by atoms with van der Waals surface area (Å²) in [6, 6.07) is 15.6. The van der Waals surface area contributed by atoms with Crippen LogP contribution in [0.2, 0.25) is 0 Å². The fourth-order valence-corrected chi connectivity index (χ4v) is 4.40. The number of nitrogens with one attached hydrogen (secondary N) is 1. The average Bonchev–Trinajstić information content (AvgIpc) is 2.83. The van der Waals surface area contributed by atoms with Crippen molar-refractivity contribution in [3.63, 3.8) is 0 Å². The van der Waals surface area contributed by atoms with Crippen molar-refractivity contribution in [2.75, 3.05) is 12.0 Å². The summed E-state index contributed by atoms with van der Waals surface area (Å²) in [6.45, 7) is 4.20. The van der Waals surface area contributed by atoms with Crippen LogP contribution in [0.4, 0.5) is 10.5 Å². The average molecular weight is 614 g/mol. The largest absolute Gasteiger partial charge is 0.493 e. The summed E-state index contributed by atoms with van der Waals surface area (Å²) in [6.07, 6.45) is 1.42. The maximum Gasteiger partial charge on any atom is 0.335 e. The first kappa shape index (κ1) is 25.7. The zero-order chi connectivity index (χ0) is 26.0. The lowest BCUT2D eigenvalue weighted by Crippen LogP contribution is -2.54. The van der Waals surface area contributed by atoms with Crippen LogP contribution in [-0.2, 0) is 16.2 Å². The van der Waals surface area contributed by atoms with Crippen LogP contribution in [0.25, 0.3) is 6.08 Å². The Labute approximate surface area is 225 Å². The minimum atomic E-state index is -0.805. The van der Waals surface area contributed by atoms with Crippen molar-refractivity contribution in [2.24, 2.45) is 0 Å². The maximum absolute atomic E-state index is 13.3. The van der Waals surface area contributed by atoms with E-state index in [9.17, 15) is 14.4 Å². The number of hydrogen-bond acceptors (Lipinski definition) is 5. The normalized spacial score (nSPS) is 14.8. The molecule has 0 aliphatic carbocycles. The molecular formula is C27H22Br2N2O5. The molecule has 0 bridgehead atoms. The number of amides is 4. The molecule has 184 valence electrons. The molecule has 1 aliphatic rings. The van der Waals surface area contributed by atoms with Crippen LogP contribution >= 0.6 is 31.9 Å². The van der Waals surface area contributed by atoms with Crippen LogP contribution in [-0.4, -0.2) is 25.0 Å². The third-order valence-electron chi connectivity index (χ3n) is 5.56. The van der Waals surface area contributed by atoms with E-state index in [1.807, 2.05) is 38.1 Å². The summed E-state index contributed by atoms with van der Waals surface area (Å²) < 4.78 is 12.9. The summed E-state index contributed by atoms with van der Waals surface area (Å²) in [4.78, 5) is 39.3. The first-order chi connectivity index (χ1) is 17.2. The molecule has 4 amide bonds. The van der Waals surface area contributed by atoms with Crippen LogP contribution in [0.5, 0.6) is 11.5 Å². The highest BCUT2D eigenvalue weighted by Gasteiger charge is 2.37. The van der Waals surface area contributed by atoms with E-state index >= 15 is 0 Å². The molecule has 1 heterocycles. The first-order valence-electron chi connectivity index (χ1n) is 10.9. The first-order valence-corrected chi connectivity index (χ1v) is 12.5. The zero-order valence-electron chi connectivity index (χ0n) is 19.7. The van der Waals surface area contributed by atoms with Crippen LogP contribution in [0.15, 0.2) is 69.1 Å².